The van der Waals surface area contributed by atoms with Gasteiger partial charge in [0.25, 0.3) is 6.43 Å². The molecule has 0 bridgehead atoms. The van der Waals surface area contributed by atoms with Gasteiger partial charge in [0, 0.05) is 12.2 Å². The summed E-state index contributed by atoms with van der Waals surface area (Å²) in [6.45, 7) is 2.38. The van der Waals surface area contributed by atoms with Gasteiger partial charge in [0.2, 0.25) is 10.0 Å². The lowest BCUT2D eigenvalue weighted by Gasteiger charge is -2.23. The van der Waals surface area contributed by atoms with E-state index in [9.17, 15) is 22.3 Å². The molecule has 1 atom stereocenters. The molecular formula is C12H18F2N2O3S. The molecule has 0 spiro atoms. The zero-order chi connectivity index (χ0) is 15.6. The molecule has 0 saturated heterocycles. The number of rotatable bonds is 6. The van der Waals surface area contributed by atoms with Crippen LogP contribution in [0.1, 0.15) is 12.5 Å². The second kappa shape index (κ2) is 5.92. The standard InChI is InChI=1S/C12H18F2N2O3S/c1-8-4-5-9(6-10(8)16-20(3,18)19)15-7-12(2,17)11(13)14/h4-6,11,15-17H,7H2,1-3H3. The van der Waals surface area contributed by atoms with Crippen LogP contribution < -0.4 is 10.0 Å². The normalized spacial score (nSPS) is 14.9. The van der Waals surface area contributed by atoms with Gasteiger partial charge in [-0.1, -0.05) is 6.07 Å². The number of halogens is 2. The Morgan fingerprint density at radius 1 is 1.40 bits per heavy atom. The first kappa shape index (κ1) is 16.6. The molecule has 1 rings (SSSR count). The van der Waals surface area contributed by atoms with Crippen LogP contribution in [0.5, 0.6) is 0 Å². The van der Waals surface area contributed by atoms with Crippen molar-refractivity contribution in [3.8, 4) is 0 Å². The van der Waals surface area contributed by atoms with Gasteiger partial charge in [-0.05, 0) is 31.5 Å². The summed E-state index contributed by atoms with van der Waals surface area (Å²) < 4.78 is 49.7. The van der Waals surface area contributed by atoms with Crippen molar-refractivity contribution in [3.05, 3.63) is 23.8 Å². The van der Waals surface area contributed by atoms with E-state index in [1.165, 1.54) is 6.07 Å². The largest absolute Gasteiger partial charge is 0.382 e. The molecular weight excluding hydrogens is 290 g/mol. The zero-order valence-electron chi connectivity index (χ0n) is 11.4. The van der Waals surface area contributed by atoms with Crippen LogP contribution in [0.4, 0.5) is 20.2 Å². The molecule has 1 unspecified atom stereocenters. The molecule has 20 heavy (non-hydrogen) atoms. The first-order chi connectivity index (χ1) is 9.01. The highest BCUT2D eigenvalue weighted by Gasteiger charge is 2.31. The second-order valence-corrected chi connectivity index (χ2v) is 6.66. The summed E-state index contributed by atoms with van der Waals surface area (Å²) >= 11 is 0. The highest BCUT2D eigenvalue weighted by molar-refractivity contribution is 7.92. The Balaban J connectivity index is 2.86. The summed E-state index contributed by atoms with van der Waals surface area (Å²) in [4.78, 5) is 0. The van der Waals surface area contributed by atoms with Gasteiger partial charge in [-0.3, -0.25) is 4.72 Å². The second-order valence-electron chi connectivity index (χ2n) is 4.92. The molecule has 8 heteroatoms. The maximum atomic E-state index is 12.5. The predicted molar refractivity (Wildman–Crippen MR) is 74.8 cm³/mol. The molecule has 0 heterocycles. The number of sulfonamides is 1. The lowest BCUT2D eigenvalue weighted by atomic mass is 10.1. The van der Waals surface area contributed by atoms with Crippen molar-refractivity contribution < 1.29 is 22.3 Å². The Kier molecular flexibility index (Phi) is 4.93. The van der Waals surface area contributed by atoms with E-state index in [0.717, 1.165) is 13.2 Å². The highest BCUT2D eigenvalue weighted by Crippen LogP contribution is 2.22. The van der Waals surface area contributed by atoms with Gasteiger partial charge in [-0.25, -0.2) is 17.2 Å². The van der Waals surface area contributed by atoms with E-state index < -0.39 is 22.0 Å². The van der Waals surface area contributed by atoms with Crippen molar-refractivity contribution >= 4 is 21.4 Å². The lowest BCUT2D eigenvalue weighted by Crippen LogP contribution is -2.40. The van der Waals surface area contributed by atoms with Crippen LogP contribution in [-0.4, -0.2) is 38.4 Å². The fraction of sp³-hybridized carbons (Fsp3) is 0.500. The van der Waals surface area contributed by atoms with Crippen LogP contribution in [0.3, 0.4) is 0 Å². The van der Waals surface area contributed by atoms with Gasteiger partial charge in [0.15, 0.2) is 0 Å². The third kappa shape index (κ3) is 4.93. The number of anilines is 2. The number of hydrogen-bond acceptors (Lipinski definition) is 4. The van der Waals surface area contributed by atoms with Crippen LogP contribution in [0, 0.1) is 6.92 Å². The van der Waals surface area contributed by atoms with Crippen molar-refractivity contribution in [3.63, 3.8) is 0 Å². The third-order valence-corrected chi connectivity index (χ3v) is 3.24. The maximum Gasteiger partial charge on any atom is 0.268 e. The van der Waals surface area contributed by atoms with Crippen LogP contribution in [0.2, 0.25) is 0 Å². The summed E-state index contributed by atoms with van der Waals surface area (Å²) in [6.07, 6.45) is -1.86. The lowest BCUT2D eigenvalue weighted by molar-refractivity contribution is -0.0732. The van der Waals surface area contributed by atoms with Gasteiger partial charge in [0.05, 0.1) is 11.9 Å². The van der Waals surface area contributed by atoms with E-state index >= 15 is 0 Å². The predicted octanol–water partition coefficient (Wildman–Crippen LogP) is 1.79. The summed E-state index contributed by atoms with van der Waals surface area (Å²) in [6, 6.07) is 4.75. The average Bonchev–Trinajstić information content (AvgIpc) is 2.28. The average molecular weight is 308 g/mol. The Bertz CT molecular complexity index is 574. The molecule has 0 radical (unpaired) electrons. The van der Waals surface area contributed by atoms with E-state index in [1.54, 1.807) is 19.1 Å². The fourth-order valence-electron chi connectivity index (χ4n) is 1.40. The molecule has 0 saturated carbocycles. The van der Waals surface area contributed by atoms with E-state index in [1.807, 2.05) is 0 Å². The summed E-state index contributed by atoms with van der Waals surface area (Å²) in [7, 11) is -3.42. The molecule has 0 aliphatic carbocycles. The van der Waals surface area contributed by atoms with Crippen molar-refractivity contribution in [1.82, 2.24) is 0 Å². The number of nitrogens with one attached hydrogen (secondary N) is 2. The summed E-state index contributed by atoms with van der Waals surface area (Å²) in [5.74, 6) is 0. The summed E-state index contributed by atoms with van der Waals surface area (Å²) in [5.41, 5.74) is -0.673. The van der Waals surface area contributed by atoms with Crippen LogP contribution in [-0.2, 0) is 10.0 Å². The topological polar surface area (TPSA) is 78.4 Å². The van der Waals surface area contributed by atoms with Crippen molar-refractivity contribution in [2.45, 2.75) is 25.9 Å². The monoisotopic (exact) mass is 308 g/mol. The van der Waals surface area contributed by atoms with Crippen LogP contribution in [0.15, 0.2) is 18.2 Å². The smallest absolute Gasteiger partial charge is 0.268 e. The number of aryl methyl sites for hydroxylation is 1. The van der Waals surface area contributed by atoms with Gasteiger partial charge in [-0.15, -0.1) is 0 Å². The van der Waals surface area contributed by atoms with Gasteiger partial charge < -0.3 is 10.4 Å². The molecule has 5 nitrogen and oxygen atoms in total. The highest BCUT2D eigenvalue weighted by atomic mass is 32.2. The third-order valence-electron chi connectivity index (χ3n) is 2.65. The van der Waals surface area contributed by atoms with E-state index in [4.69, 9.17) is 0 Å². The molecule has 0 aromatic heterocycles. The van der Waals surface area contributed by atoms with Crippen LogP contribution in [0.25, 0.3) is 0 Å². The Morgan fingerprint density at radius 2 is 2.00 bits per heavy atom. The number of benzene rings is 1. The first-order valence-electron chi connectivity index (χ1n) is 5.84. The minimum absolute atomic E-state index is 0.355. The van der Waals surface area contributed by atoms with Gasteiger partial charge in [-0.2, -0.15) is 0 Å². The molecule has 0 fully saturated rings. The van der Waals surface area contributed by atoms with E-state index in [2.05, 4.69) is 10.0 Å². The quantitative estimate of drug-likeness (QED) is 0.749. The molecule has 0 amide bonds. The molecule has 1 aromatic carbocycles. The maximum absolute atomic E-state index is 12.5. The van der Waals surface area contributed by atoms with Crippen molar-refractivity contribution in [2.75, 3.05) is 22.8 Å². The summed E-state index contributed by atoms with van der Waals surface area (Å²) in [5, 5.41) is 12.1. The molecule has 1 aromatic rings. The minimum atomic E-state index is -3.42. The van der Waals surface area contributed by atoms with Crippen molar-refractivity contribution in [2.24, 2.45) is 0 Å². The number of hydrogen-bond donors (Lipinski definition) is 3. The fourth-order valence-corrected chi connectivity index (χ4v) is 2.02. The van der Waals surface area contributed by atoms with Gasteiger partial charge in [0.1, 0.15) is 5.60 Å². The number of alkyl halides is 2. The molecule has 0 aliphatic rings. The zero-order valence-corrected chi connectivity index (χ0v) is 12.3. The molecule has 114 valence electrons. The Hall–Kier alpha value is -1.41. The molecule has 0 aliphatic heterocycles. The van der Waals surface area contributed by atoms with E-state index in [-0.39, 0.29) is 6.54 Å². The first-order valence-corrected chi connectivity index (χ1v) is 7.73. The van der Waals surface area contributed by atoms with Crippen LogP contribution >= 0.6 is 0 Å². The SMILES string of the molecule is Cc1ccc(NCC(C)(O)C(F)F)cc1NS(C)(=O)=O. The Morgan fingerprint density at radius 3 is 2.50 bits per heavy atom. The minimum Gasteiger partial charge on any atom is -0.382 e. The Labute approximate surface area is 117 Å². The van der Waals surface area contributed by atoms with Crippen molar-refractivity contribution in [1.29, 1.82) is 0 Å². The van der Waals surface area contributed by atoms with E-state index in [0.29, 0.717) is 16.9 Å². The number of aliphatic hydroxyl groups is 1. The molecule has 3 N–H and O–H groups in total. The van der Waals surface area contributed by atoms with Gasteiger partial charge >= 0.3 is 0 Å².